The molecule has 5 heteroatoms. The normalized spacial score (nSPS) is 17.1. The molecule has 0 rings (SSSR count). The van der Waals surface area contributed by atoms with E-state index in [4.69, 9.17) is 11.6 Å². The van der Waals surface area contributed by atoms with E-state index in [2.05, 4.69) is 52.6 Å². The molecular weight excluding hydrogens is 433 g/mol. The van der Waals surface area contributed by atoms with Gasteiger partial charge in [0.05, 0.1) is 31.0 Å². The maximum atomic E-state index is 6.30. The lowest BCUT2D eigenvalue weighted by atomic mass is 10.2. The summed E-state index contributed by atoms with van der Waals surface area (Å²) in [5, 5.41) is 0. The first-order valence-electron chi connectivity index (χ1n) is 6.18. The Balaban J connectivity index is 0. The molecule has 0 saturated carbocycles. The first-order chi connectivity index (χ1) is 7.31. The number of halogens is 4. The van der Waals surface area contributed by atoms with Gasteiger partial charge in [-0.05, 0) is 27.2 Å². The van der Waals surface area contributed by atoms with Crippen molar-refractivity contribution in [1.29, 1.82) is 0 Å². The van der Waals surface area contributed by atoms with Crippen LogP contribution in [0.1, 0.15) is 40.5 Å². The SMILES string of the molecule is CCCC[N+](CC)(CC)CC(Br)C(C)(Cl)Br.[Br-]. The molecule has 0 aromatic carbocycles. The molecule has 0 aromatic heterocycles. The third kappa shape index (κ3) is 7.76. The van der Waals surface area contributed by atoms with E-state index in [1.165, 1.54) is 32.5 Å². The second-order valence-electron chi connectivity index (χ2n) is 4.66. The highest BCUT2D eigenvalue weighted by atomic mass is 79.9. The smallest absolute Gasteiger partial charge is 0.114 e. The van der Waals surface area contributed by atoms with Crippen molar-refractivity contribution in [2.45, 2.75) is 49.1 Å². The van der Waals surface area contributed by atoms with Gasteiger partial charge in [-0.2, -0.15) is 0 Å². The van der Waals surface area contributed by atoms with Crippen LogP contribution < -0.4 is 17.0 Å². The summed E-state index contributed by atoms with van der Waals surface area (Å²) in [7, 11) is 0. The van der Waals surface area contributed by atoms with Gasteiger partial charge in [-0.15, -0.1) is 11.6 Å². The number of hydrogen-bond donors (Lipinski definition) is 0. The molecule has 0 spiro atoms. The Morgan fingerprint density at radius 1 is 1.24 bits per heavy atom. The van der Waals surface area contributed by atoms with Crippen molar-refractivity contribution in [2.75, 3.05) is 26.2 Å². The lowest BCUT2D eigenvalue weighted by Crippen LogP contribution is -3.00. The molecule has 0 aliphatic rings. The van der Waals surface area contributed by atoms with E-state index in [0.29, 0.717) is 4.83 Å². The maximum Gasteiger partial charge on any atom is 0.114 e. The van der Waals surface area contributed by atoms with Gasteiger partial charge in [0.25, 0.3) is 0 Å². The predicted octanol–water partition coefficient (Wildman–Crippen LogP) is 1.76. The van der Waals surface area contributed by atoms with Crippen LogP contribution in [0, 0.1) is 0 Å². The number of unbranched alkanes of at least 4 members (excludes halogenated alkanes) is 1. The van der Waals surface area contributed by atoms with Crippen molar-refractivity contribution >= 4 is 43.5 Å². The van der Waals surface area contributed by atoms with E-state index >= 15 is 0 Å². The van der Waals surface area contributed by atoms with Crippen molar-refractivity contribution in [3.63, 3.8) is 0 Å². The first-order valence-corrected chi connectivity index (χ1v) is 8.27. The molecule has 0 saturated heterocycles. The van der Waals surface area contributed by atoms with Crippen molar-refractivity contribution in [3.05, 3.63) is 0 Å². The molecule has 0 bridgehead atoms. The second kappa shape index (κ2) is 9.57. The summed E-state index contributed by atoms with van der Waals surface area (Å²) in [6.45, 7) is 13.5. The van der Waals surface area contributed by atoms with Gasteiger partial charge in [-0.3, -0.25) is 0 Å². The highest BCUT2D eigenvalue weighted by molar-refractivity contribution is 9.13. The molecule has 0 N–H and O–H groups in total. The van der Waals surface area contributed by atoms with Crippen LogP contribution in [0.4, 0.5) is 0 Å². The summed E-state index contributed by atoms with van der Waals surface area (Å²) < 4.78 is 0.796. The fourth-order valence-corrected chi connectivity index (χ4v) is 2.71. The maximum absolute atomic E-state index is 6.30. The van der Waals surface area contributed by atoms with Gasteiger partial charge in [0.2, 0.25) is 0 Å². The zero-order valence-corrected chi connectivity index (χ0v) is 16.8. The lowest BCUT2D eigenvalue weighted by molar-refractivity contribution is -0.924. The van der Waals surface area contributed by atoms with Crippen molar-refractivity contribution < 1.29 is 21.5 Å². The van der Waals surface area contributed by atoms with Crippen LogP contribution in [0.5, 0.6) is 0 Å². The van der Waals surface area contributed by atoms with E-state index in [9.17, 15) is 0 Å². The van der Waals surface area contributed by atoms with E-state index < -0.39 is 0 Å². The molecule has 106 valence electrons. The number of alkyl halides is 3. The number of hydrogen-bond acceptors (Lipinski definition) is 0. The molecule has 0 heterocycles. The molecule has 0 radical (unpaired) electrons. The Hall–Kier alpha value is 1.69. The van der Waals surface area contributed by atoms with Gasteiger partial charge in [0.1, 0.15) is 3.78 Å². The molecule has 0 aliphatic carbocycles. The minimum atomic E-state index is -0.354. The van der Waals surface area contributed by atoms with Crippen LogP contribution in [-0.2, 0) is 0 Å². The predicted molar refractivity (Wildman–Crippen MR) is 81.9 cm³/mol. The van der Waals surface area contributed by atoms with Gasteiger partial charge in [0, 0.05) is 0 Å². The fraction of sp³-hybridized carbons (Fsp3) is 1.00. The molecule has 2 atom stereocenters. The highest BCUT2D eigenvalue weighted by Crippen LogP contribution is 2.34. The lowest BCUT2D eigenvalue weighted by Gasteiger charge is -2.40. The van der Waals surface area contributed by atoms with Gasteiger partial charge in [-0.1, -0.05) is 45.2 Å². The summed E-state index contributed by atoms with van der Waals surface area (Å²) in [6.07, 6.45) is 2.56. The summed E-state index contributed by atoms with van der Waals surface area (Å²) in [5.41, 5.74) is 0. The van der Waals surface area contributed by atoms with Crippen LogP contribution in [0.3, 0.4) is 0 Å². The first kappa shape index (κ1) is 21.0. The molecule has 0 amide bonds. The molecule has 0 aliphatic heterocycles. The Kier molecular flexibility index (Phi) is 11.8. The Morgan fingerprint density at radius 3 is 2.00 bits per heavy atom. The van der Waals surface area contributed by atoms with Crippen LogP contribution in [0.15, 0.2) is 0 Å². The summed E-state index contributed by atoms with van der Waals surface area (Å²) in [5.74, 6) is 0. The summed E-state index contributed by atoms with van der Waals surface area (Å²) in [4.78, 5) is 0.290. The average Bonchev–Trinajstić information content (AvgIpc) is 2.22. The van der Waals surface area contributed by atoms with Crippen molar-refractivity contribution in [3.8, 4) is 0 Å². The largest absolute Gasteiger partial charge is 1.00 e. The molecule has 0 fully saturated rings. The van der Waals surface area contributed by atoms with Gasteiger partial charge in [0.15, 0.2) is 0 Å². The molecule has 0 aromatic rings. The second-order valence-corrected chi connectivity index (χ2v) is 8.65. The van der Waals surface area contributed by atoms with Crippen LogP contribution in [0.2, 0.25) is 0 Å². The molecule has 2 unspecified atom stereocenters. The molecule has 1 nitrogen and oxygen atoms in total. The monoisotopic (exact) mass is 455 g/mol. The number of nitrogens with zero attached hydrogens (tertiary/aromatic N) is 1. The topological polar surface area (TPSA) is 0 Å². The summed E-state index contributed by atoms with van der Waals surface area (Å²) >= 11 is 13.5. The van der Waals surface area contributed by atoms with E-state index in [1.54, 1.807) is 0 Å². The third-order valence-electron chi connectivity index (χ3n) is 3.43. The number of rotatable bonds is 8. The van der Waals surface area contributed by atoms with Crippen LogP contribution in [0.25, 0.3) is 0 Å². The Bertz CT molecular complexity index is 191. The fourth-order valence-electron chi connectivity index (χ4n) is 1.88. The van der Waals surface area contributed by atoms with Crippen LogP contribution >= 0.6 is 43.5 Å². The van der Waals surface area contributed by atoms with E-state index in [0.717, 1.165) is 11.0 Å². The van der Waals surface area contributed by atoms with E-state index in [-0.39, 0.29) is 20.8 Å². The minimum absolute atomic E-state index is 0. The zero-order chi connectivity index (χ0) is 12.8. The third-order valence-corrected chi connectivity index (χ3v) is 6.32. The van der Waals surface area contributed by atoms with Crippen molar-refractivity contribution in [2.24, 2.45) is 0 Å². The zero-order valence-electron chi connectivity index (χ0n) is 11.3. The summed E-state index contributed by atoms with van der Waals surface area (Å²) in [6, 6.07) is 0. The van der Waals surface area contributed by atoms with E-state index in [1.807, 2.05) is 6.92 Å². The highest BCUT2D eigenvalue weighted by Gasteiger charge is 2.35. The number of quaternary nitrogens is 1. The van der Waals surface area contributed by atoms with Gasteiger partial charge < -0.3 is 21.5 Å². The molecular formula is C12H25Br3ClN. The molecule has 17 heavy (non-hydrogen) atoms. The Morgan fingerprint density at radius 2 is 1.71 bits per heavy atom. The minimum Gasteiger partial charge on any atom is -1.00 e. The van der Waals surface area contributed by atoms with Gasteiger partial charge in [-0.25, -0.2) is 0 Å². The van der Waals surface area contributed by atoms with Crippen molar-refractivity contribution in [1.82, 2.24) is 0 Å². The van der Waals surface area contributed by atoms with Crippen LogP contribution in [-0.4, -0.2) is 39.3 Å². The Labute approximate surface area is 139 Å². The standard InChI is InChI=1S/C12H25Br2ClN.BrH/c1-5-8-9-16(6-2,7-3)10-11(13)12(4,14)15;/h11H,5-10H2,1-4H3;1H/q+1;/p-1. The van der Waals surface area contributed by atoms with Gasteiger partial charge >= 0.3 is 0 Å². The average molecular weight is 459 g/mol. The quantitative estimate of drug-likeness (QED) is 0.384.